The molecule has 0 amide bonds. The number of rotatable bonds is 2. The Bertz CT molecular complexity index is 275. The summed E-state index contributed by atoms with van der Waals surface area (Å²) < 4.78 is 6.57. The minimum atomic E-state index is -1.62. The van der Waals surface area contributed by atoms with Crippen molar-refractivity contribution in [3.05, 3.63) is 12.2 Å². The normalized spacial score (nSPS) is 25.6. The molecule has 0 aromatic rings. The smallest absolute Gasteiger partial charge is 0.192 e. The van der Waals surface area contributed by atoms with Gasteiger partial charge in [-0.25, -0.2) is 0 Å². The Morgan fingerprint density at radius 2 is 1.53 bits per heavy atom. The Kier molecular flexibility index (Phi) is 6.82. The Hall–Kier alpha value is -0.0831. The average Bonchev–Trinajstić information content (AvgIpc) is 2.33. The molecule has 1 unspecified atom stereocenters. The standard InChI is InChI=1S/C17H34OSi/c1-17(2,3)19(4,5)18-16-14-12-10-8-6-7-9-11-13-15-16/h12,14,16H,6-11,13,15H2,1-5H3/b14-12-. The van der Waals surface area contributed by atoms with Gasteiger partial charge in [0.15, 0.2) is 8.32 Å². The highest BCUT2D eigenvalue weighted by Gasteiger charge is 2.38. The number of allylic oxidation sites excluding steroid dienone is 1. The summed E-state index contributed by atoms with van der Waals surface area (Å²) in [4.78, 5) is 0. The van der Waals surface area contributed by atoms with Gasteiger partial charge in [-0.1, -0.05) is 65.0 Å². The van der Waals surface area contributed by atoms with Crippen molar-refractivity contribution in [3.63, 3.8) is 0 Å². The van der Waals surface area contributed by atoms with Crippen LogP contribution in [0.25, 0.3) is 0 Å². The van der Waals surface area contributed by atoms with E-state index in [0.29, 0.717) is 11.1 Å². The van der Waals surface area contributed by atoms with Gasteiger partial charge in [0, 0.05) is 0 Å². The second-order valence-electron chi connectivity index (χ2n) is 7.54. The third-order valence-corrected chi connectivity index (χ3v) is 9.22. The van der Waals surface area contributed by atoms with E-state index in [1.807, 2.05) is 0 Å². The molecule has 1 aliphatic carbocycles. The molecule has 2 heteroatoms. The van der Waals surface area contributed by atoms with Crippen molar-refractivity contribution >= 4 is 8.32 Å². The van der Waals surface area contributed by atoms with E-state index in [0.717, 1.165) is 0 Å². The highest BCUT2D eigenvalue weighted by atomic mass is 28.4. The average molecular weight is 283 g/mol. The van der Waals surface area contributed by atoms with Crippen molar-refractivity contribution in [1.82, 2.24) is 0 Å². The third kappa shape index (κ3) is 6.27. The molecule has 0 heterocycles. The molecule has 0 fully saturated rings. The van der Waals surface area contributed by atoms with Gasteiger partial charge in [0.1, 0.15) is 0 Å². The fraction of sp³-hybridized carbons (Fsp3) is 0.882. The highest BCUT2D eigenvalue weighted by molar-refractivity contribution is 6.74. The van der Waals surface area contributed by atoms with Crippen LogP contribution in [-0.4, -0.2) is 14.4 Å². The van der Waals surface area contributed by atoms with E-state index in [-0.39, 0.29) is 0 Å². The van der Waals surface area contributed by atoms with Crippen molar-refractivity contribution in [1.29, 1.82) is 0 Å². The van der Waals surface area contributed by atoms with E-state index in [2.05, 4.69) is 46.0 Å². The van der Waals surface area contributed by atoms with Crippen molar-refractivity contribution < 1.29 is 4.43 Å². The summed E-state index contributed by atoms with van der Waals surface area (Å²) in [6.07, 6.45) is 15.8. The predicted molar refractivity (Wildman–Crippen MR) is 88.1 cm³/mol. The maximum absolute atomic E-state index is 6.57. The quantitative estimate of drug-likeness (QED) is 0.441. The molecule has 0 N–H and O–H groups in total. The maximum atomic E-state index is 6.57. The van der Waals surface area contributed by atoms with Crippen LogP contribution in [0.4, 0.5) is 0 Å². The fourth-order valence-electron chi connectivity index (χ4n) is 2.31. The Morgan fingerprint density at radius 1 is 0.947 bits per heavy atom. The van der Waals surface area contributed by atoms with Gasteiger partial charge in [-0.05, 0) is 37.4 Å². The maximum Gasteiger partial charge on any atom is 0.192 e. The Morgan fingerprint density at radius 3 is 2.16 bits per heavy atom. The lowest BCUT2D eigenvalue weighted by Gasteiger charge is -2.38. The van der Waals surface area contributed by atoms with Gasteiger partial charge in [0.2, 0.25) is 0 Å². The second kappa shape index (κ2) is 7.63. The molecule has 0 aromatic heterocycles. The molecule has 0 radical (unpaired) electrons. The SMILES string of the molecule is CC(C)(C)[Si](C)(C)OC1/C=C\CCCCCCCC1. The molecule has 0 saturated heterocycles. The summed E-state index contributed by atoms with van der Waals surface area (Å²) in [5, 5.41) is 0.313. The lowest BCUT2D eigenvalue weighted by molar-refractivity contribution is 0.210. The number of hydrogen-bond donors (Lipinski definition) is 0. The first-order chi connectivity index (χ1) is 8.83. The topological polar surface area (TPSA) is 9.23 Å². The van der Waals surface area contributed by atoms with Crippen molar-refractivity contribution in [2.75, 3.05) is 0 Å². The zero-order chi connectivity index (χ0) is 14.4. The summed E-state index contributed by atoms with van der Waals surface area (Å²) >= 11 is 0. The van der Waals surface area contributed by atoms with Gasteiger partial charge in [-0.2, -0.15) is 0 Å². The summed E-state index contributed by atoms with van der Waals surface area (Å²) in [5.74, 6) is 0. The van der Waals surface area contributed by atoms with Crippen LogP contribution < -0.4 is 0 Å². The van der Waals surface area contributed by atoms with Gasteiger partial charge in [-0.3, -0.25) is 0 Å². The Labute approximate surface area is 122 Å². The summed E-state index contributed by atoms with van der Waals surface area (Å²) in [6, 6.07) is 0. The van der Waals surface area contributed by atoms with E-state index in [1.54, 1.807) is 0 Å². The van der Waals surface area contributed by atoms with Gasteiger partial charge in [0.05, 0.1) is 6.10 Å². The molecule has 0 aliphatic heterocycles. The van der Waals surface area contributed by atoms with Crippen molar-refractivity contribution in [2.45, 2.75) is 96.4 Å². The van der Waals surface area contributed by atoms with Crippen LogP contribution in [0.1, 0.15) is 72.1 Å². The van der Waals surface area contributed by atoms with Gasteiger partial charge >= 0.3 is 0 Å². The van der Waals surface area contributed by atoms with Crippen LogP contribution in [0.5, 0.6) is 0 Å². The van der Waals surface area contributed by atoms with Crippen LogP contribution in [0, 0.1) is 0 Å². The van der Waals surface area contributed by atoms with Gasteiger partial charge in [0.25, 0.3) is 0 Å². The summed E-state index contributed by atoms with van der Waals surface area (Å²) in [5.41, 5.74) is 0. The van der Waals surface area contributed by atoms with E-state index < -0.39 is 8.32 Å². The fourth-order valence-corrected chi connectivity index (χ4v) is 3.62. The van der Waals surface area contributed by atoms with Crippen LogP contribution in [0.3, 0.4) is 0 Å². The molecule has 0 aromatic carbocycles. The van der Waals surface area contributed by atoms with Crippen LogP contribution in [0.15, 0.2) is 12.2 Å². The predicted octanol–water partition coefficient (Wildman–Crippen LogP) is 6.07. The van der Waals surface area contributed by atoms with Crippen LogP contribution in [0.2, 0.25) is 18.1 Å². The van der Waals surface area contributed by atoms with E-state index in [4.69, 9.17) is 4.43 Å². The molecule has 112 valence electrons. The highest BCUT2D eigenvalue weighted by Crippen LogP contribution is 2.38. The lowest BCUT2D eigenvalue weighted by Crippen LogP contribution is -2.43. The molecule has 0 saturated carbocycles. The molecule has 1 rings (SSSR count). The zero-order valence-corrected chi connectivity index (χ0v) is 14.8. The molecular weight excluding hydrogens is 248 g/mol. The third-order valence-electron chi connectivity index (χ3n) is 4.71. The molecule has 0 bridgehead atoms. The Balaban J connectivity index is 2.60. The van der Waals surface area contributed by atoms with Gasteiger partial charge < -0.3 is 4.43 Å². The van der Waals surface area contributed by atoms with Gasteiger partial charge in [-0.15, -0.1) is 0 Å². The minimum absolute atomic E-state index is 0.313. The monoisotopic (exact) mass is 282 g/mol. The molecule has 0 spiro atoms. The van der Waals surface area contributed by atoms with Crippen LogP contribution in [-0.2, 0) is 4.43 Å². The lowest BCUT2D eigenvalue weighted by atomic mass is 10.1. The first kappa shape index (κ1) is 17.0. The van der Waals surface area contributed by atoms with Crippen LogP contribution >= 0.6 is 0 Å². The second-order valence-corrected chi connectivity index (χ2v) is 12.3. The summed E-state index contributed by atoms with van der Waals surface area (Å²) in [6.45, 7) is 11.7. The van der Waals surface area contributed by atoms with E-state index in [9.17, 15) is 0 Å². The molecule has 1 atom stereocenters. The molecular formula is C17H34OSi. The molecule has 1 nitrogen and oxygen atoms in total. The van der Waals surface area contributed by atoms with E-state index >= 15 is 0 Å². The van der Waals surface area contributed by atoms with Crippen molar-refractivity contribution in [3.8, 4) is 0 Å². The summed E-state index contributed by atoms with van der Waals surface area (Å²) in [7, 11) is -1.62. The van der Waals surface area contributed by atoms with E-state index in [1.165, 1.54) is 51.4 Å². The first-order valence-corrected chi connectivity index (χ1v) is 11.1. The molecule has 1 aliphatic rings. The van der Waals surface area contributed by atoms with Crippen molar-refractivity contribution in [2.24, 2.45) is 0 Å². The largest absolute Gasteiger partial charge is 0.411 e. The number of hydrogen-bond acceptors (Lipinski definition) is 1. The first-order valence-electron chi connectivity index (χ1n) is 8.17. The molecule has 19 heavy (non-hydrogen) atoms. The zero-order valence-electron chi connectivity index (χ0n) is 13.8. The minimum Gasteiger partial charge on any atom is -0.411 e.